The topological polar surface area (TPSA) is 16.1 Å². The van der Waals surface area contributed by atoms with Crippen LogP contribution in [0.5, 0.6) is 0 Å². The van der Waals surface area contributed by atoms with Crippen LogP contribution in [0.25, 0.3) is 22.2 Å². The first-order valence-electron chi connectivity index (χ1n) is 9.28. The lowest BCUT2D eigenvalue weighted by atomic mass is 10.0. The molecule has 0 aliphatic rings. The van der Waals surface area contributed by atoms with Crippen LogP contribution in [-0.4, -0.2) is 17.1 Å². The summed E-state index contributed by atoms with van der Waals surface area (Å²) >= 11 is 0. The molecule has 0 bridgehead atoms. The largest absolute Gasteiger partial charge is 0.366 e. The maximum absolute atomic E-state index is 4.94. The Kier molecular flexibility index (Phi) is 5.08. The molecule has 2 aromatic carbocycles. The van der Waals surface area contributed by atoms with Gasteiger partial charge in [0.15, 0.2) is 0 Å². The molecule has 1 aromatic heterocycles. The lowest BCUT2D eigenvalue weighted by Gasteiger charge is -2.34. The fourth-order valence-corrected chi connectivity index (χ4v) is 3.58. The van der Waals surface area contributed by atoms with Gasteiger partial charge >= 0.3 is 0 Å². The number of hydrogen-bond donors (Lipinski definition) is 0. The summed E-state index contributed by atoms with van der Waals surface area (Å²) in [5, 5.41) is 1.22. The molecule has 0 atom stereocenters. The third-order valence-corrected chi connectivity index (χ3v) is 4.74. The van der Waals surface area contributed by atoms with Gasteiger partial charge in [0, 0.05) is 28.7 Å². The van der Waals surface area contributed by atoms with Crippen molar-refractivity contribution in [1.29, 1.82) is 0 Å². The smallest absolute Gasteiger partial charge is 0.0730 e. The summed E-state index contributed by atoms with van der Waals surface area (Å²) in [4.78, 5) is 7.42. The third kappa shape index (κ3) is 3.53. The van der Waals surface area contributed by atoms with E-state index in [0.29, 0.717) is 12.1 Å². The molecule has 130 valence electrons. The van der Waals surface area contributed by atoms with Crippen LogP contribution in [0.15, 0.2) is 54.6 Å². The number of aromatic nitrogens is 1. The zero-order chi connectivity index (χ0) is 18.0. The van der Waals surface area contributed by atoms with Crippen molar-refractivity contribution in [2.75, 3.05) is 4.90 Å². The highest BCUT2D eigenvalue weighted by Gasteiger charge is 2.18. The molecule has 0 radical (unpaired) electrons. The number of anilines is 1. The first-order valence-corrected chi connectivity index (χ1v) is 9.28. The van der Waals surface area contributed by atoms with Gasteiger partial charge < -0.3 is 4.90 Å². The standard InChI is InChI=1S/C23H28N2/c1-6-18-11-13-19(14-12-18)22-15-23(25(16(2)3)17(4)5)20-9-7-8-10-21(20)24-22/h7-17H,6H2,1-5H3. The van der Waals surface area contributed by atoms with Crippen molar-refractivity contribution >= 4 is 16.6 Å². The van der Waals surface area contributed by atoms with Crippen LogP contribution >= 0.6 is 0 Å². The van der Waals surface area contributed by atoms with Crippen LogP contribution in [0.3, 0.4) is 0 Å². The quantitative estimate of drug-likeness (QED) is 0.562. The zero-order valence-electron chi connectivity index (χ0n) is 16.0. The monoisotopic (exact) mass is 332 g/mol. The highest BCUT2D eigenvalue weighted by atomic mass is 15.2. The Morgan fingerprint density at radius 2 is 1.52 bits per heavy atom. The van der Waals surface area contributed by atoms with Gasteiger partial charge in [-0.3, -0.25) is 0 Å². The van der Waals surface area contributed by atoms with Gasteiger partial charge in [0.25, 0.3) is 0 Å². The minimum atomic E-state index is 0.432. The van der Waals surface area contributed by atoms with E-state index in [4.69, 9.17) is 4.98 Å². The second-order valence-corrected chi connectivity index (χ2v) is 7.19. The van der Waals surface area contributed by atoms with E-state index in [1.54, 1.807) is 0 Å². The summed E-state index contributed by atoms with van der Waals surface area (Å²) in [5.74, 6) is 0. The average molecular weight is 332 g/mol. The zero-order valence-corrected chi connectivity index (χ0v) is 16.0. The van der Waals surface area contributed by atoms with Crippen LogP contribution in [0, 0.1) is 0 Å². The van der Waals surface area contributed by atoms with Crippen molar-refractivity contribution in [2.24, 2.45) is 0 Å². The van der Waals surface area contributed by atoms with Gasteiger partial charge in [-0.05, 0) is 51.8 Å². The van der Waals surface area contributed by atoms with Gasteiger partial charge in [0.1, 0.15) is 0 Å². The maximum Gasteiger partial charge on any atom is 0.0730 e. The number of nitrogens with zero attached hydrogens (tertiary/aromatic N) is 2. The molecule has 0 unspecified atom stereocenters. The Morgan fingerprint density at radius 3 is 2.12 bits per heavy atom. The number of hydrogen-bond acceptors (Lipinski definition) is 2. The highest BCUT2D eigenvalue weighted by molar-refractivity contribution is 5.94. The van der Waals surface area contributed by atoms with Gasteiger partial charge in [-0.15, -0.1) is 0 Å². The molecule has 1 heterocycles. The van der Waals surface area contributed by atoms with E-state index in [0.717, 1.165) is 17.6 Å². The third-order valence-electron chi connectivity index (χ3n) is 4.74. The van der Waals surface area contributed by atoms with Gasteiger partial charge in [-0.2, -0.15) is 0 Å². The van der Waals surface area contributed by atoms with Crippen molar-refractivity contribution in [3.8, 4) is 11.3 Å². The summed E-state index contributed by atoms with van der Waals surface area (Å²) in [5.41, 5.74) is 5.90. The molecule has 0 spiro atoms. The first kappa shape index (κ1) is 17.5. The molecule has 0 aliphatic heterocycles. The van der Waals surface area contributed by atoms with Gasteiger partial charge in [-0.25, -0.2) is 4.98 Å². The Balaban J connectivity index is 2.20. The minimum absolute atomic E-state index is 0.432. The predicted octanol–water partition coefficient (Wildman–Crippen LogP) is 6.09. The van der Waals surface area contributed by atoms with E-state index in [1.165, 1.54) is 22.2 Å². The van der Waals surface area contributed by atoms with E-state index in [9.17, 15) is 0 Å². The Bertz CT molecular complexity index is 840. The maximum atomic E-state index is 4.94. The first-order chi connectivity index (χ1) is 12.0. The van der Waals surface area contributed by atoms with Crippen LogP contribution in [0.2, 0.25) is 0 Å². The molecule has 0 saturated heterocycles. The number of fused-ring (bicyclic) bond motifs is 1. The van der Waals surface area contributed by atoms with Gasteiger partial charge in [-0.1, -0.05) is 49.4 Å². The average Bonchev–Trinajstić information content (AvgIpc) is 2.61. The summed E-state index contributed by atoms with van der Waals surface area (Å²) in [7, 11) is 0. The molecule has 2 nitrogen and oxygen atoms in total. The molecule has 0 fully saturated rings. The number of benzene rings is 2. The van der Waals surface area contributed by atoms with Crippen LogP contribution in [0.1, 0.15) is 40.2 Å². The van der Waals surface area contributed by atoms with E-state index >= 15 is 0 Å². The fourth-order valence-electron chi connectivity index (χ4n) is 3.58. The molecular formula is C23H28N2. The summed E-state index contributed by atoms with van der Waals surface area (Å²) < 4.78 is 0. The molecule has 25 heavy (non-hydrogen) atoms. The number of aryl methyl sites for hydroxylation is 1. The Morgan fingerprint density at radius 1 is 0.880 bits per heavy atom. The highest BCUT2D eigenvalue weighted by Crippen LogP contribution is 2.33. The second-order valence-electron chi connectivity index (χ2n) is 7.19. The lowest BCUT2D eigenvalue weighted by molar-refractivity contribution is 0.610. The molecular weight excluding hydrogens is 304 g/mol. The van der Waals surface area contributed by atoms with E-state index in [-0.39, 0.29) is 0 Å². The number of pyridine rings is 1. The normalized spacial score (nSPS) is 11.5. The number of rotatable bonds is 5. The van der Waals surface area contributed by atoms with Crippen LogP contribution in [0.4, 0.5) is 5.69 Å². The number of para-hydroxylation sites is 1. The molecule has 0 aliphatic carbocycles. The summed E-state index contributed by atoms with van der Waals surface area (Å²) in [6.45, 7) is 11.2. The Hall–Kier alpha value is -2.35. The van der Waals surface area contributed by atoms with Crippen LogP contribution < -0.4 is 4.90 Å². The van der Waals surface area contributed by atoms with Crippen molar-refractivity contribution < 1.29 is 0 Å². The molecule has 3 aromatic rings. The van der Waals surface area contributed by atoms with Gasteiger partial charge in [0.05, 0.1) is 11.2 Å². The van der Waals surface area contributed by atoms with Crippen molar-refractivity contribution in [1.82, 2.24) is 4.98 Å². The summed E-state index contributed by atoms with van der Waals surface area (Å²) in [6.07, 6.45) is 1.06. The van der Waals surface area contributed by atoms with Crippen molar-refractivity contribution in [3.63, 3.8) is 0 Å². The van der Waals surface area contributed by atoms with Crippen molar-refractivity contribution in [2.45, 2.75) is 53.1 Å². The summed E-state index contributed by atoms with van der Waals surface area (Å²) in [6, 6.07) is 20.4. The van der Waals surface area contributed by atoms with E-state index in [1.807, 2.05) is 0 Å². The lowest BCUT2D eigenvalue weighted by Crippen LogP contribution is -2.37. The van der Waals surface area contributed by atoms with Crippen LogP contribution in [-0.2, 0) is 6.42 Å². The molecule has 0 amide bonds. The fraction of sp³-hybridized carbons (Fsp3) is 0.348. The van der Waals surface area contributed by atoms with E-state index in [2.05, 4.69) is 94.1 Å². The molecule has 0 N–H and O–H groups in total. The molecule has 2 heteroatoms. The minimum Gasteiger partial charge on any atom is -0.366 e. The molecule has 0 saturated carbocycles. The predicted molar refractivity (Wildman–Crippen MR) is 109 cm³/mol. The van der Waals surface area contributed by atoms with Gasteiger partial charge in [0.2, 0.25) is 0 Å². The SMILES string of the molecule is CCc1ccc(-c2cc(N(C(C)C)C(C)C)c3ccccc3n2)cc1. The second kappa shape index (κ2) is 7.26. The Labute approximate surface area is 151 Å². The van der Waals surface area contributed by atoms with Crippen molar-refractivity contribution in [3.05, 3.63) is 60.2 Å². The van der Waals surface area contributed by atoms with E-state index < -0.39 is 0 Å². The molecule has 3 rings (SSSR count).